The molecule has 0 spiro atoms. The topological polar surface area (TPSA) is 23.8 Å². The normalized spacial score (nSPS) is 10.0. The van der Waals surface area contributed by atoms with Crippen LogP contribution >= 0.6 is 11.8 Å². The molecule has 0 saturated heterocycles. The lowest BCUT2D eigenvalue weighted by atomic mass is 9.99. The Balaban J connectivity index is 2.30. The molecule has 0 atom stereocenters. The number of benzene rings is 2. The van der Waals surface area contributed by atoms with E-state index in [0.29, 0.717) is 11.8 Å². The van der Waals surface area contributed by atoms with Gasteiger partial charge in [0.15, 0.2) is 0 Å². The van der Waals surface area contributed by atoms with Gasteiger partial charge in [0.25, 0.3) is 0 Å². The van der Waals surface area contributed by atoms with Crippen molar-refractivity contribution in [3.8, 4) is 17.2 Å². The van der Waals surface area contributed by atoms with Gasteiger partial charge in [0, 0.05) is 11.1 Å². The molecule has 0 aliphatic heterocycles. The van der Waals surface area contributed by atoms with Gasteiger partial charge in [-0.1, -0.05) is 44.2 Å². The largest absolute Gasteiger partial charge is 0.206 e. The van der Waals surface area contributed by atoms with E-state index in [9.17, 15) is 8.78 Å². The summed E-state index contributed by atoms with van der Waals surface area (Å²) >= 11 is 0.473. The minimum Gasteiger partial charge on any atom is -0.206 e. The second kappa shape index (κ2) is 9.25. The van der Waals surface area contributed by atoms with Gasteiger partial charge in [-0.25, -0.2) is 8.78 Å². The number of hydrogen-bond donors (Lipinski definition) is 0. The Kier molecular flexibility index (Phi) is 7.04. The van der Waals surface area contributed by atoms with E-state index in [4.69, 9.17) is 5.26 Å². The van der Waals surface area contributed by atoms with E-state index in [-0.39, 0.29) is 10.5 Å². The SMILES string of the molecule is CCCCc1ccc(C#Cc2cc(F)c(SC#N)c(F)c2)c(CC)c1. The molecule has 0 saturated carbocycles. The Morgan fingerprint density at radius 3 is 2.36 bits per heavy atom. The number of nitriles is 1. The van der Waals surface area contributed by atoms with E-state index in [0.717, 1.165) is 48.9 Å². The second-order valence-electron chi connectivity index (χ2n) is 5.66. The monoisotopic (exact) mass is 355 g/mol. The first-order chi connectivity index (χ1) is 12.1. The summed E-state index contributed by atoms with van der Waals surface area (Å²) in [6.07, 6.45) is 4.20. The van der Waals surface area contributed by atoms with Crippen molar-refractivity contribution in [2.45, 2.75) is 44.4 Å². The molecule has 0 fully saturated rings. The number of nitrogens with zero attached hydrogens (tertiary/aromatic N) is 1. The fourth-order valence-electron chi connectivity index (χ4n) is 2.51. The summed E-state index contributed by atoms with van der Waals surface area (Å²) in [5.74, 6) is 4.32. The zero-order chi connectivity index (χ0) is 18.2. The van der Waals surface area contributed by atoms with E-state index >= 15 is 0 Å². The lowest BCUT2D eigenvalue weighted by molar-refractivity contribution is 0.540. The highest BCUT2D eigenvalue weighted by molar-refractivity contribution is 8.03. The van der Waals surface area contributed by atoms with Crippen LogP contribution in [0.15, 0.2) is 35.2 Å². The van der Waals surface area contributed by atoms with Crippen molar-refractivity contribution < 1.29 is 8.78 Å². The van der Waals surface area contributed by atoms with Gasteiger partial charge in [-0.15, -0.1) is 0 Å². The maximum atomic E-state index is 13.9. The van der Waals surface area contributed by atoms with Crippen LogP contribution in [0.1, 0.15) is 48.9 Å². The van der Waals surface area contributed by atoms with E-state index in [2.05, 4.69) is 37.8 Å². The minimum atomic E-state index is -0.763. The van der Waals surface area contributed by atoms with Crippen molar-refractivity contribution in [1.29, 1.82) is 5.26 Å². The summed E-state index contributed by atoms with van der Waals surface area (Å²) in [5, 5.41) is 10.3. The molecule has 0 bridgehead atoms. The average Bonchev–Trinajstić information content (AvgIpc) is 2.61. The van der Waals surface area contributed by atoms with Crippen LogP contribution in [-0.4, -0.2) is 0 Å². The van der Waals surface area contributed by atoms with Gasteiger partial charge in [-0.2, -0.15) is 5.26 Å². The molecule has 2 aromatic carbocycles. The van der Waals surface area contributed by atoms with Crippen molar-refractivity contribution in [1.82, 2.24) is 0 Å². The first kappa shape index (κ1) is 19.0. The highest BCUT2D eigenvalue weighted by Crippen LogP contribution is 2.25. The van der Waals surface area contributed by atoms with E-state index in [1.807, 2.05) is 6.07 Å². The summed E-state index contributed by atoms with van der Waals surface area (Å²) < 4.78 is 27.7. The van der Waals surface area contributed by atoms with E-state index in [1.54, 1.807) is 5.40 Å². The maximum absolute atomic E-state index is 13.9. The highest BCUT2D eigenvalue weighted by Gasteiger charge is 2.11. The lowest BCUT2D eigenvalue weighted by Gasteiger charge is -2.06. The molecule has 2 rings (SSSR count). The van der Waals surface area contributed by atoms with Crippen LogP contribution in [0, 0.1) is 34.1 Å². The molecule has 0 heterocycles. The Hall–Kier alpha value is -2.30. The molecule has 128 valence electrons. The van der Waals surface area contributed by atoms with Gasteiger partial charge in [-0.05, 0) is 60.4 Å². The number of rotatable bonds is 5. The first-order valence-electron chi connectivity index (χ1n) is 8.27. The number of thiocyanates is 1. The van der Waals surface area contributed by atoms with Crippen LogP contribution in [0.4, 0.5) is 8.78 Å². The quantitative estimate of drug-likeness (QED) is 0.382. The molecule has 0 aliphatic carbocycles. The molecule has 1 nitrogen and oxygen atoms in total. The van der Waals surface area contributed by atoms with Crippen LogP contribution in [-0.2, 0) is 12.8 Å². The smallest absolute Gasteiger partial charge is 0.142 e. The predicted octanol–water partition coefficient (Wildman–Crippen LogP) is 5.84. The predicted molar refractivity (Wildman–Crippen MR) is 98.2 cm³/mol. The van der Waals surface area contributed by atoms with Gasteiger partial charge in [-0.3, -0.25) is 0 Å². The molecule has 0 N–H and O–H groups in total. The third-order valence-electron chi connectivity index (χ3n) is 3.86. The Morgan fingerprint density at radius 1 is 1.04 bits per heavy atom. The first-order valence-corrected chi connectivity index (χ1v) is 9.09. The lowest BCUT2D eigenvalue weighted by Crippen LogP contribution is -1.93. The third kappa shape index (κ3) is 5.08. The Morgan fingerprint density at radius 2 is 1.76 bits per heavy atom. The summed E-state index contributed by atoms with van der Waals surface area (Å²) in [6.45, 7) is 4.23. The molecular weight excluding hydrogens is 336 g/mol. The van der Waals surface area contributed by atoms with Gasteiger partial charge in [0.1, 0.15) is 17.0 Å². The van der Waals surface area contributed by atoms with Crippen molar-refractivity contribution in [3.05, 3.63) is 64.2 Å². The van der Waals surface area contributed by atoms with Gasteiger partial charge >= 0.3 is 0 Å². The summed E-state index contributed by atoms with van der Waals surface area (Å²) in [5.41, 5.74) is 3.56. The van der Waals surface area contributed by atoms with Gasteiger partial charge in [0.05, 0.1) is 4.90 Å². The van der Waals surface area contributed by atoms with Crippen LogP contribution in [0.3, 0.4) is 0 Å². The molecule has 2 aromatic rings. The summed E-state index contributed by atoms with van der Waals surface area (Å²) in [6, 6.07) is 8.53. The van der Waals surface area contributed by atoms with Crippen molar-refractivity contribution in [3.63, 3.8) is 0 Å². The Labute approximate surface area is 152 Å². The molecule has 0 unspecified atom stereocenters. The molecule has 0 aromatic heterocycles. The van der Waals surface area contributed by atoms with E-state index < -0.39 is 11.6 Å². The number of halogens is 2. The third-order valence-corrected chi connectivity index (χ3v) is 4.54. The highest BCUT2D eigenvalue weighted by atomic mass is 32.2. The van der Waals surface area contributed by atoms with Crippen LogP contribution < -0.4 is 0 Å². The van der Waals surface area contributed by atoms with Crippen molar-refractivity contribution in [2.24, 2.45) is 0 Å². The fraction of sp³-hybridized carbons (Fsp3) is 0.286. The zero-order valence-corrected chi connectivity index (χ0v) is 15.1. The van der Waals surface area contributed by atoms with Crippen LogP contribution in [0.2, 0.25) is 0 Å². The maximum Gasteiger partial charge on any atom is 0.142 e. The van der Waals surface area contributed by atoms with Gasteiger partial charge < -0.3 is 0 Å². The standard InChI is InChI=1S/C21H19F2NS/c1-3-5-6-15-7-9-18(17(4-2)11-15)10-8-16-12-19(22)21(25-14-24)20(23)13-16/h7,9,11-13H,3-6H2,1-2H3. The van der Waals surface area contributed by atoms with Crippen molar-refractivity contribution in [2.75, 3.05) is 0 Å². The molecular formula is C21H19F2NS. The second-order valence-corrected chi connectivity index (χ2v) is 6.46. The average molecular weight is 355 g/mol. The van der Waals surface area contributed by atoms with Crippen LogP contribution in [0.5, 0.6) is 0 Å². The number of aryl methyl sites for hydroxylation is 2. The minimum absolute atomic E-state index is 0.259. The molecule has 4 heteroatoms. The number of unbranched alkanes of at least 4 members (excludes halogenated alkanes) is 1. The summed E-state index contributed by atoms with van der Waals surface area (Å²) in [7, 11) is 0. The Bertz CT molecular complexity index is 833. The number of thioether (sulfide) groups is 1. The zero-order valence-electron chi connectivity index (χ0n) is 14.3. The van der Waals surface area contributed by atoms with E-state index in [1.165, 1.54) is 5.56 Å². The van der Waals surface area contributed by atoms with Gasteiger partial charge in [0.2, 0.25) is 0 Å². The molecule has 25 heavy (non-hydrogen) atoms. The summed E-state index contributed by atoms with van der Waals surface area (Å²) in [4.78, 5) is -0.289. The van der Waals surface area contributed by atoms with Crippen LogP contribution in [0.25, 0.3) is 0 Å². The molecule has 0 amide bonds. The van der Waals surface area contributed by atoms with Crippen molar-refractivity contribution >= 4 is 11.8 Å². The number of hydrogen-bond acceptors (Lipinski definition) is 2. The fourth-order valence-corrected chi connectivity index (χ4v) is 2.92. The molecule has 0 aliphatic rings. The molecule has 0 radical (unpaired) electrons.